The Labute approximate surface area is 795 Å². The highest BCUT2D eigenvalue weighted by Crippen LogP contribution is 2.45. The van der Waals surface area contributed by atoms with Gasteiger partial charge in [0.15, 0.2) is 0 Å². The minimum Gasteiger partial charge on any atom is -0.289 e. The lowest BCUT2D eigenvalue weighted by Gasteiger charge is -2.43. The lowest BCUT2D eigenvalue weighted by molar-refractivity contribution is -0.138. The number of carbonyl (C=O) groups is 5. The summed E-state index contributed by atoms with van der Waals surface area (Å²) in [5.41, 5.74) is 10.9. The number of rotatable bonds is 30. The van der Waals surface area contributed by atoms with Crippen LogP contribution in [-0.4, -0.2) is 240 Å². The van der Waals surface area contributed by atoms with Crippen molar-refractivity contribution in [3.05, 3.63) is 191 Å². The fourth-order valence-electron chi connectivity index (χ4n) is 16.2. The van der Waals surface area contributed by atoms with Crippen LogP contribution < -0.4 is 27.4 Å². The first-order valence-electron chi connectivity index (χ1n) is 43.0. The van der Waals surface area contributed by atoms with Crippen LogP contribution in [0.1, 0.15) is 181 Å². The Morgan fingerprint density at radius 2 is 0.614 bits per heavy atom. The van der Waals surface area contributed by atoms with Crippen molar-refractivity contribution < 1.29 is 110 Å². The number of carbonyl (C=O) groups excluding carboxylic acids is 5. The van der Waals surface area contributed by atoms with E-state index in [1.165, 1.54) is 140 Å². The molecule has 0 saturated carbocycles. The summed E-state index contributed by atoms with van der Waals surface area (Å²) in [6.07, 6.45) is 10.1. The number of nitrogens with zero attached hydrogens (tertiary/aromatic N) is 5. The Morgan fingerprint density at radius 3 is 0.886 bits per heavy atom. The fraction of sp³-hybridized carbons (Fsp3) is 0.534. The molecule has 30 nitrogen and oxygen atoms in total. The van der Waals surface area contributed by atoms with Crippen molar-refractivity contribution in [3.63, 3.8) is 0 Å². The first kappa shape index (κ1) is 112. The molecule has 5 aliphatic heterocycles. The van der Waals surface area contributed by atoms with Gasteiger partial charge in [0, 0.05) is 91.1 Å². The second kappa shape index (κ2) is 49.2. The van der Waals surface area contributed by atoms with Gasteiger partial charge in [-0.3, -0.25) is 50.0 Å². The maximum Gasteiger partial charge on any atom is 0.416 e. The molecule has 6 aromatic carbocycles. The van der Waals surface area contributed by atoms with Gasteiger partial charge < -0.3 is 0 Å². The van der Waals surface area contributed by atoms with E-state index in [1.807, 2.05) is 107 Å². The Bertz CT molecular complexity index is 5340. The third-order valence-electron chi connectivity index (χ3n) is 23.1. The lowest BCUT2D eigenvalue weighted by Crippen LogP contribution is -2.61. The summed E-state index contributed by atoms with van der Waals surface area (Å²) >= 11 is 7.39. The summed E-state index contributed by atoms with van der Waals surface area (Å²) in [6.45, 7) is 22.8. The first-order valence-corrected chi connectivity index (χ1v) is 55.3. The number of unbranched alkanes of at least 4 members (excludes halogenated alkanes) is 9. The van der Waals surface area contributed by atoms with Crippen molar-refractivity contribution in [2.75, 3.05) is 67.2 Å². The van der Waals surface area contributed by atoms with E-state index in [2.05, 4.69) is 6.92 Å². The minimum absolute atomic E-state index is 0.00443. The topological polar surface area (TPSA) is 434 Å². The smallest absolute Gasteiger partial charge is 0.289 e. The molecule has 0 spiro atoms. The van der Waals surface area contributed by atoms with Crippen LogP contribution in [0.2, 0.25) is 0 Å². The molecule has 5 amide bonds. The number of sulfonamides is 5. The van der Waals surface area contributed by atoms with Crippen LogP contribution in [0.15, 0.2) is 177 Å². The first-order chi connectivity index (χ1) is 61.8. The van der Waals surface area contributed by atoms with Crippen molar-refractivity contribution in [1.82, 2.24) is 48.9 Å². The standard InChI is InChI=1S/C25H42N2O4S2.C21H26N2O4S2.C15H22N2O4S2.C14H17F3N2O4S2.C13H17FN2O4S2/c1-4-5-6-7-8-9-10-11-12-13-14-21-15-17-22(18-16-21)33(30,31)27-19-20-32-25(2,3)23(27)24(28)26-29;1-21(2)19(20(24)22-25)23(13-14-28-21)29(26,27)15-18(16-9-5-3-6-10-16)17-11-7-4-8-12-17;1-4-11-5-7-12(8-6-11)23(20,21)17-9-10-22-15(2,3)13(17)14(18)16-19;1-13(2)11(12(20)18-21)19(7-8-24-13)25(22,23)10-5-3-9(4-6-10)14(15,16)17;1-13(2)11(12(17)15-18)16(7-8-21-13)22(19,20)10-5-3-9(14)4-6-10/h15-18,23,29H,4-14,19-20H2,1-3H3,(H,26,28);3-12,18-19,25H,13-15H2,1-2H3,(H,22,24);5-8,13,19H,4,9-10H2,1-3H3,(H,16,18);3-6,11,21H,7-8H2,1-2H3,(H,18,20);3-6,11,18H,7-8H2,1-2H3,(H,15,17). The molecule has 0 radical (unpaired) electrons. The number of aryl methyl sites for hydroxylation is 2. The zero-order chi connectivity index (χ0) is 98.2. The third-order valence-corrected chi connectivity index (χ3v) is 39.2. The van der Waals surface area contributed by atoms with Crippen molar-refractivity contribution >= 4 is 138 Å². The third kappa shape index (κ3) is 29.3. The normalized spacial score (nSPS) is 20.7. The monoisotopic (exact) mass is 2040 g/mol. The number of hydrogen-bond donors (Lipinski definition) is 10. The lowest BCUT2D eigenvalue weighted by atomic mass is 9.93. The molecule has 5 saturated heterocycles. The number of benzene rings is 6. The van der Waals surface area contributed by atoms with E-state index < -0.39 is 151 Å². The highest BCUT2D eigenvalue weighted by Gasteiger charge is 2.54. The summed E-state index contributed by atoms with van der Waals surface area (Å²) in [6, 6.07) is 35.1. The quantitative estimate of drug-likeness (QED) is 0.00866. The number of alkyl halides is 3. The van der Waals surface area contributed by atoms with E-state index in [4.69, 9.17) is 15.6 Å². The second-order valence-electron chi connectivity index (χ2n) is 34.4. The molecule has 11 rings (SSSR count). The van der Waals surface area contributed by atoms with Gasteiger partial charge >= 0.3 is 6.18 Å². The predicted octanol–water partition coefficient (Wildman–Crippen LogP) is 13.3. The van der Waals surface area contributed by atoms with Crippen LogP contribution in [0, 0.1) is 5.82 Å². The molecule has 6 aromatic rings. The van der Waals surface area contributed by atoms with Crippen molar-refractivity contribution in [3.8, 4) is 0 Å². The van der Waals surface area contributed by atoms with Crippen molar-refractivity contribution in [2.45, 2.75) is 246 Å². The summed E-state index contributed by atoms with van der Waals surface area (Å²) in [5.74, 6) is -2.17. The van der Waals surface area contributed by atoms with Crippen LogP contribution in [0.4, 0.5) is 17.6 Å². The van der Waals surface area contributed by atoms with E-state index in [0.29, 0.717) is 40.9 Å². The number of halogens is 4. The van der Waals surface area contributed by atoms with Crippen molar-refractivity contribution in [2.24, 2.45) is 0 Å². The van der Waals surface area contributed by atoms with Gasteiger partial charge in [0.25, 0.3) is 29.5 Å². The molecule has 5 heterocycles. The van der Waals surface area contributed by atoms with Gasteiger partial charge in [0.2, 0.25) is 50.1 Å². The van der Waals surface area contributed by atoms with Crippen LogP contribution in [0.25, 0.3) is 0 Å². The number of hydroxylamine groups is 5. The Kier molecular flexibility index (Phi) is 41.9. The van der Waals surface area contributed by atoms with Crippen LogP contribution in [0.5, 0.6) is 0 Å². The maximum absolute atomic E-state index is 13.5. The number of thioether (sulfide) groups is 5. The number of nitrogens with one attached hydrogen (secondary N) is 5. The highest BCUT2D eigenvalue weighted by molar-refractivity contribution is 8.02. The molecule has 0 aliphatic carbocycles. The van der Waals surface area contributed by atoms with Gasteiger partial charge in [0.1, 0.15) is 36.0 Å². The van der Waals surface area contributed by atoms with Crippen molar-refractivity contribution in [1.29, 1.82) is 0 Å². The molecular formula is C88H124F4N10O20S10. The number of hydrogen-bond acceptors (Lipinski definition) is 25. The fourth-order valence-corrected chi connectivity index (χ4v) is 32.1. The molecule has 5 atom stereocenters. The van der Waals surface area contributed by atoms with Crippen LogP contribution in [0.3, 0.4) is 0 Å². The van der Waals surface area contributed by atoms with Gasteiger partial charge in [-0.1, -0.05) is 157 Å². The van der Waals surface area contributed by atoms with E-state index >= 15 is 0 Å². The summed E-state index contributed by atoms with van der Waals surface area (Å²) in [5, 5.41) is 45.3. The van der Waals surface area contributed by atoms with E-state index in [1.54, 1.807) is 94.4 Å². The van der Waals surface area contributed by atoms with Gasteiger partial charge in [0.05, 0.1) is 30.9 Å². The molecule has 734 valence electrons. The second-order valence-corrected chi connectivity index (χ2v) is 52.7. The number of amides is 5. The molecule has 132 heavy (non-hydrogen) atoms. The van der Waals surface area contributed by atoms with Crippen LogP contribution >= 0.6 is 58.8 Å². The molecule has 5 fully saturated rings. The van der Waals surface area contributed by atoms with Crippen LogP contribution in [-0.2, 0) is 93.1 Å². The van der Waals surface area contributed by atoms with Gasteiger partial charge in [-0.2, -0.15) is 93.5 Å². The van der Waals surface area contributed by atoms with E-state index in [9.17, 15) is 94.0 Å². The van der Waals surface area contributed by atoms with E-state index in [0.717, 1.165) is 86.5 Å². The molecule has 10 N–H and O–H groups in total. The van der Waals surface area contributed by atoms with Gasteiger partial charge in [-0.15, -0.1) is 0 Å². The highest BCUT2D eigenvalue weighted by atomic mass is 32.2. The molecule has 5 aliphatic rings. The summed E-state index contributed by atoms with van der Waals surface area (Å²) in [4.78, 5) is 60.7. The average Bonchev–Trinajstić information content (AvgIpc) is 0.779. The molecular weight excluding hydrogens is 1910 g/mol. The van der Waals surface area contributed by atoms with E-state index in [-0.39, 0.29) is 64.0 Å². The Morgan fingerprint density at radius 1 is 0.364 bits per heavy atom. The minimum atomic E-state index is -4.58. The SMILES string of the molecule is CC1(C)SCCN(S(=O)(=O)CC(c2ccccc2)c2ccccc2)C1C(=O)NO.CC1(C)SCCN(S(=O)(=O)c2ccc(C(F)(F)F)cc2)C1C(=O)NO.CC1(C)SCCN(S(=O)(=O)c2ccc(F)cc2)C1C(=O)NO.CCCCCCCCCCCCc1ccc(S(=O)(=O)N2CCSC(C)(C)C2C(=O)NO)cc1.CCc1ccc(S(=O)(=O)N2CCSC(C)(C)C2C(=O)NO)cc1. The van der Waals surface area contributed by atoms with Gasteiger partial charge in [-0.25, -0.2) is 73.9 Å². The Hall–Kier alpha value is -6.51. The van der Waals surface area contributed by atoms with Gasteiger partial charge in [-0.05, 0) is 184 Å². The molecule has 5 unspecified atom stereocenters. The Balaban J connectivity index is 0.000000227. The largest absolute Gasteiger partial charge is 0.416 e. The summed E-state index contributed by atoms with van der Waals surface area (Å²) in [7, 11) is -19.7. The zero-order valence-corrected chi connectivity index (χ0v) is 84.1. The molecule has 0 bridgehead atoms. The summed E-state index contributed by atoms with van der Waals surface area (Å²) < 4.78 is 184. The molecule has 0 aromatic heterocycles. The maximum atomic E-state index is 13.5. The average molecular weight is 2040 g/mol. The molecule has 44 heteroatoms. The predicted molar refractivity (Wildman–Crippen MR) is 508 cm³/mol. The zero-order valence-electron chi connectivity index (χ0n) is 75.9.